The molecule has 4 rings (SSSR count). The molecule has 0 saturated carbocycles. The molecule has 2 aliphatic rings. The molecule has 1 heterocycles. The first-order valence-corrected chi connectivity index (χ1v) is 8.83. The normalized spacial score (nSPS) is 18.7. The second-order valence-corrected chi connectivity index (χ2v) is 6.77. The summed E-state index contributed by atoms with van der Waals surface area (Å²) in [4.78, 5) is 26.6. The van der Waals surface area contributed by atoms with Gasteiger partial charge in [0.25, 0.3) is 5.91 Å². The molecule has 0 unspecified atom stereocenters. The molecule has 1 amide bonds. The van der Waals surface area contributed by atoms with Crippen molar-refractivity contribution >= 4 is 17.4 Å². The highest BCUT2D eigenvalue weighted by Crippen LogP contribution is 2.32. The van der Waals surface area contributed by atoms with Crippen LogP contribution in [0.1, 0.15) is 41.3 Å². The van der Waals surface area contributed by atoms with E-state index in [-0.39, 0.29) is 24.3 Å². The number of carbonyl (C=O) groups is 2. The zero-order valence-electron chi connectivity index (χ0n) is 14.3. The number of aryl methyl sites for hydroxylation is 1. The average Bonchev–Trinajstić information content (AvgIpc) is 3.01. The van der Waals surface area contributed by atoms with Crippen LogP contribution < -0.4 is 9.64 Å². The Balaban J connectivity index is 1.53. The fraction of sp³-hybridized carbons (Fsp3) is 0.333. The van der Waals surface area contributed by atoms with Crippen LogP contribution in [0.15, 0.2) is 42.5 Å². The van der Waals surface area contributed by atoms with Crippen LogP contribution in [-0.4, -0.2) is 24.3 Å². The number of amides is 1. The minimum Gasteiger partial charge on any atom is -0.483 e. The molecule has 2 aromatic rings. The number of benzene rings is 2. The molecule has 0 radical (unpaired) electrons. The summed E-state index contributed by atoms with van der Waals surface area (Å²) in [5.74, 6) is 0.779. The predicted octanol–water partition coefficient (Wildman–Crippen LogP) is 3.56. The Morgan fingerprint density at radius 3 is 2.84 bits per heavy atom. The zero-order chi connectivity index (χ0) is 17.4. The molecule has 1 aliphatic heterocycles. The third-order valence-corrected chi connectivity index (χ3v) is 5.18. The van der Waals surface area contributed by atoms with E-state index in [0.29, 0.717) is 18.6 Å². The molecule has 0 N–H and O–H groups in total. The lowest BCUT2D eigenvalue weighted by molar-refractivity contribution is -0.121. The van der Waals surface area contributed by atoms with Gasteiger partial charge >= 0.3 is 0 Å². The highest BCUT2D eigenvalue weighted by atomic mass is 16.5. The van der Waals surface area contributed by atoms with E-state index in [0.717, 1.165) is 29.7 Å². The Hall–Kier alpha value is -2.62. The molecule has 0 bridgehead atoms. The smallest absolute Gasteiger partial charge is 0.265 e. The van der Waals surface area contributed by atoms with E-state index in [1.807, 2.05) is 41.3 Å². The number of Topliss-reactive ketones (excluding diaryl/α,β-unsaturated/α-hetero) is 1. The number of nitrogens with zero attached hydrogens (tertiary/aromatic N) is 1. The van der Waals surface area contributed by atoms with E-state index in [1.54, 1.807) is 0 Å². The van der Waals surface area contributed by atoms with Gasteiger partial charge in [-0.2, -0.15) is 0 Å². The van der Waals surface area contributed by atoms with Crippen molar-refractivity contribution < 1.29 is 14.3 Å². The lowest BCUT2D eigenvalue weighted by Gasteiger charge is -2.35. The molecular formula is C21H21NO3. The number of fused-ring (bicyclic) bond motifs is 2. The number of anilines is 1. The minimum absolute atomic E-state index is 0.0106. The lowest BCUT2D eigenvalue weighted by Crippen LogP contribution is -2.44. The summed E-state index contributed by atoms with van der Waals surface area (Å²) in [6, 6.07) is 13.7. The van der Waals surface area contributed by atoms with E-state index in [9.17, 15) is 9.59 Å². The molecule has 4 heteroatoms. The molecule has 0 aromatic heterocycles. The lowest BCUT2D eigenvalue weighted by atomic mass is 9.96. The summed E-state index contributed by atoms with van der Waals surface area (Å²) in [6.07, 6.45) is 3.18. The quantitative estimate of drug-likeness (QED) is 0.861. The van der Waals surface area contributed by atoms with E-state index in [2.05, 4.69) is 13.0 Å². The number of rotatable bonds is 3. The summed E-state index contributed by atoms with van der Waals surface area (Å²) in [5, 5.41) is 0. The van der Waals surface area contributed by atoms with Crippen molar-refractivity contribution in [2.24, 2.45) is 0 Å². The van der Waals surface area contributed by atoms with Crippen molar-refractivity contribution in [1.82, 2.24) is 0 Å². The summed E-state index contributed by atoms with van der Waals surface area (Å²) < 4.78 is 5.83. The first kappa shape index (κ1) is 15.9. The number of ketones is 1. The molecular weight excluding hydrogens is 314 g/mol. The molecule has 1 aliphatic carbocycles. The number of carbonyl (C=O) groups excluding carboxylic acids is 2. The number of para-hydroxylation sites is 1. The molecule has 1 atom stereocenters. The summed E-state index contributed by atoms with van der Waals surface area (Å²) in [7, 11) is 0. The van der Waals surface area contributed by atoms with Gasteiger partial charge in [0.15, 0.2) is 12.4 Å². The van der Waals surface area contributed by atoms with Crippen molar-refractivity contribution in [2.45, 2.75) is 38.6 Å². The van der Waals surface area contributed by atoms with Crippen LogP contribution in [0.4, 0.5) is 5.69 Å². The average molecular weight is 335 g/mol. The van der Waals surface area contributed by atoms with Crippen LogP contribution >= 0.6 is 0 Å². The molecule has 25 heavy (non-hydrogen) atoms. The second-order valence-electron chi connectivity index (χ2n) is 6.77. The summed E-state index contributed by atoms with van der Waals surface area (Å²) >= 11 is 0. The van der Waals surface area contributed by atoms with Crippen LogP contribution in [0.5, 0.6) is 5.75 Å². The van der Waals surface area contributed by atoms with E-state index >= 15 is 0 Å². The predicted molar refractivity (Wildman–Crippen MR) is 96.3 cm³/mol. The van der Waals surface area contributed by atoms with Gasteiger partial charge in [-0.3, -0.25) is 9.59 Å². The van der Waals surface area contributed by atoms with Crippen LogP contribution in [-0.2, 0) is 17.6 Å². The van der Waals surface area contributed by atoms with E-state index in [4.69, 9.17) is 4.74 Å². The van der Waals surface area contributed by atoms with Gasteiger partial charge in [0, 0.05) is 29.3 Å². The van der Waals surface area contributed by atoms with Gasteiger partial charge in [0.1, 0.15) is 5.75 Å². The third kappa shape index (κ3) is 2.82. The maximum Gasteiger partial charge on any atom is 0.265 e. The number of ether oxygens (including phenoxy) is 1. The first-order valence-electron chi connectivity index (χ1n) is 8.83. The van der Waals surface area contributed by atoms with Gasteiger partial charge in [-0.15, -0.1) is 0 Å². The Morgan fingerprint density at radius 2 is 1.96 bits per heavy atom. The summed E-state index contributed by atoms with van der Waals surface area (Å²) in [6.45, 7) is 2.07. The monoisotopic (exact) mass is 335 g/mol. The van der Waals surface area contributed by atoms with E-state index in [1.165, 1.54) is 5.56 Å². The zero-order valence-corrected chi connectivity index (χ0v) is 14.3. The van der Waals surface area contributed by atoms with Gasteiger partial charge in [0.2, 0.25) is 0 Å². The minimum atomic E-state index is -0.0402. The molecule has 2 aromatic carbocycles. The number of hydrogen-bond donors (Lipinski definition) is 0. The van der Waals surface area contributed by atoms with Gasteiger partial charge in [-0.05, 0) is 43.9 Å². The molecule has 128 valence electrons. The molecule has 0 saturated heterocycles. The topological polar surface area (TPSA) is 46.6 Å². The second kappa shape index (κ2) is 6.36. The van der Waals surface area contributed by atoms with Crippen molar-refractivity contribution in [3.05, 3.63) is 59.2 Å². The molecule has 0 spiro atoms. The van der Waals surface area contributed by atoms with Crippen LogP contribution in [0, 0.1) is 0 Å². The molecule has 4 nitrogen and oxygen atoms in total. The van der Waals surface area contributed by atoms with Crippen molar-refractivity contribution in [1.29, 1.82) is 0 Å². The third-order valence-electron chi connectivity index (χ3n) is 5.18. The highest BCUT2D eigenvalue weighted by Gasteiger charge is 2.29. The van der Waals surface area contributed by atoms with E-state index < -0.39 is 0 Å². The van der Waals surface area contributed by atoms with Gasteiger partial charge < -0.3 is 9.64 Å². The Kier molecular flexibility index (Phi) is 4.04. The summed E-state index contributed by atoms with van der Waals surface area (Å²) in [5.41, 5.74) is 3.87. The van der Waals surface area contributed by atoms with Gasteiger partial charge in [-0.1, -0.05) is 30.3 Å². The fourth-order valence-corrected chi connectivity index (χ4v) is 3.87. The van der Waals surface area contributed by atoms with Crippen molar-refractivity contribution in [3.63, 3.8) is 0 Å². The fourth-order valence-electron chi connectivity index (χ4n) is 3.87. The standard InChI is InChI=1S/C21H21NO3/c1-14-9-10-15-5-2-3-7-18(15)22(14)21(24)13-25-20-8-4-6-16-17(20)11-12-19(16)23/h2-8,14H,9-13H2,1H3/t14-/m1/s1. The van der Waals surface area contributed by atoms with Crippen LogP contribution in [0.3, 0.4) is 0 Å². The SMILES string of the molecule is C[C@@H]1CCc2ccccc2N1C(=O)COc1cccc2c1CCC2=O. The van der Waals surface area contributed by atoms with Crippen molar-refractivity contribution in [2.75, 3.05) is 11.5 Å². The maximum atomic E-state index is 12.8. The highest BCUT2D eigenvalue weighted by molar-refractivity contribution is 6.01. The Morgan fingerprint density at radius 1 is 1.12 bits per heavy atom. The van der Waals surface area contributed by atoms with Crippen molar-refractivity contribution in [3.8, 4) is 5.75 Å². The number of hydrogen-bond acceptors (Lipinski definition) is 3. The largest absolute Gasteiger partial charge is 0.483 e. The first-order chi connectivity index (χ1) is 12.1. The molecule has 0 fully saturated rings. The van der Waals surface area contributed by atoms with Gasteiger partial charge in [0.05, 0.1) is 0 Å². The van der Waals surface area contributed by atoms with Crippen LogP contribution in [0.2, 0.25) is 0 Å². The Labute approximate surface area is 147 Å². The van der Waals surface area contributed by atoms with Crippen LogP contribution in [0.25, 0.3) is 0 Å². The Bertz CT molecular complexity index is 843. The van der Waals surface area contributed by atoms with Gasteiger partial charge in [-0.25, -0.2) is 0 Å². The maximum absolute atomic E-state index is 12.8.